The van der Waals surface area contributed by atoms with Crippen molar-refractivity contribution in [3.63, 3.8) is 0 Å². The molecule has 0 unspecified atom stereocenters. The third-order valence-corrected chi connectivity index (χ3v) is 4.42. The first kappa shape index (κ1) is 15.6. The Hall–Kier alpha value is -1.78. The monoisotopic (exact) mass is 290 g/mol. The van der Waals surface area contributed by atoms with Crippen molar-refractivity contribution in [2.75, 3.05) is 11.9 Å². The molecule has 0 bridgehead atoms. The maximum atomic E-state index is 9.06. The van der Waals surface area contributed by atoms with Crippen molar-refractivity contribution in [2.24, 2.45) is 10.9 Å². The van der Waals surface area contributed by atoms with Gasteiger partial charge in [0.2, 0.25) is 0 Å². The summed E-state index contributed by atoms with van der Waals surface area (Å²) in [5, 5.41) is 12.2. The van der Waals surface area contributed by atoms with Crippen LogP contribution in [0.2, 0.25) is 0 Å². The molecule has 0 atom stereocenters. The summed E-state index contributed by atoms with van der Waals surface area (Å²) in [6.07, 6.45) is 7.60. The fourth-order valence-corrected chi connectivity index (χ4v) is 3.29. The predicted molar refractivity (Wildman–Crippen MR) is 86.1 cm³/mol. The third kappa shape index (κ3) is 3.46. The summed E-state index contributed by atoms with van der Waals surface area (Å²) in [6.45, 7) is 3.89. The van der Waals surface area contributed by atoms with Gasteiger partial charge in [0.15, 0.2) is 5.84 Å². The molecule has 1 aromatic rings. The van der Waals surface area contributed by atoms with Gasteiger partial charge in [-0.3, -0.25) is 4.98 Å². The lowest BCUT2D eigenvalue weighted by Gasteiger charge is -2.31. The van der Waals surface area contributed by atoms with Crippen LogP contribution in [0.15, 0.2) is 11.2 Å². The first-order chi connectivity index (χ1) is 10.0. The van der Waals surface area contributed by atoms with Gasteiger partial charge < -0.3 is 15.8 Å². The van der Waals surface area contributed by atoms with Crippen LogP contribution in [0, 0.1) is 13.8 Å². The summed E-state index contributed by atoms with van der Waals surface area (Å²) in [5.74, 6) is 0.135. The number of oxime groups is 1. The fraction of sp³-hybridized carbons (Fsp3) is 0.625. The Balaban J connectivity index is 2.41. The summed E-state index contributed by atoms with van der Waals surface area (Å²) in [6, 6.07) is 2.55. The molecular formula is C16H26N4O. The highest BCUT2D eigenvalue weighted by molar-refractivity contribution is 6.03. The number of nitrogens with zero attached hydrogens (tertiary/aromatic N) is 3. The number of nitrogens with two attached hydrogens (primary N) is 1. The first-order valence-electron chi connectivity index (χ1n) is 7.73. The molecule has 0 saturated heterocycles. The van der Waals surface area contributed by atoms with Crippen LogP contribution in [0.1, 0.15) is 55.5 Å². The van der Waals surface area contributed by atoms with E-state index in [-0.39, 0.29) is 5.84 Å². The average Bonchev–Trinajstić information content (AvgIpc) is 2.74. The van der Waals surface area contributed by atoms with Crippen molar-refractivity contribution < 1.29 is 5.21 Å². The molecule has 0 aliphatic heterocycles. The van der Waals surface area contributed by atoms with Gasteiger partial charge >= 0.3 is 0 Å². The van der Waals surface area contributed by atoms with Crippen LogP contribution >= 0.6 is 0 Å². The molecule has 0 radical (unpaired) electrons. The lowest BCUT2D eigenvalue weighted by Crippen LogP contribution is -2.33. The highest BCUT2D eigenvalue weighted by Crippen LogP contribution is 2.29. The maximum Gasteiger partial charge on any atom is 0.174 e. The zero-order chi connectivity index (χ0) is 15.4. The standard InChI is InChI=1S/C16H26N4O/c1-11-10-14(15(12(2)18-11)16(17)19-21)20(3)13-8-6-4-5-7-9-13/h10,13,21H,4-9H2,1-3H3,(H2,17,19). The van der Waals surface area contributed by atoms with E-state index in [1.807, 2.05) is 19.9 Å². The van der Waals surface area contributed by atoms with Crippen molar-refractivity contribution in [3.8, 4) is 0 Å². The summed E-state index contributed by atoms with van der Waals surface area (Å²) in [5.41, 5.74) is 9.40. The first-order valence-corrected chi connectivity index (χ1v) is 7.73. The molecule has 116 valence electrons. The Morgan fingerprint density at radius 2 is 1.90 bits per heavy atom. The van der Waals surface area contributed by atoms with Gasteiger partial charge in [0.1, 0.15) is 0 Å². The molecule has 1 fully saturated rings. The number of hydrogen-bond acceptors (Lipinski definition) is 4. The van der Waals surface area contributed by atoms with E-state index in [1.165, 1.54) is 38.5 Å². The van der Waals surface area contributed by atoms with E-state index in [2.05, 4.69) is 22.1 Å². The number of amidine groups is 1. The molecule has 5 heteroatoms. The molecule has 2 rings (SSSR count). The molecule has 1 aliphatic rings. The number of hydrogen-bond donors (Lipinski definition) is 2. The number of anilines is 1. The second-order valence-electron chi connectivity index (χ2n) is 5.98. The van der Waals surface area contributed by atoms with Gasteiger partial charge in [-0.1, -0.05) is 30.8 Å². The molecule has 1 aliphatic carbocycles. The average molecular weight is 290 g/mol. The molecule has 21 heavy (non-hydrogen) atoms. The Kier molecular flexibility index (Phi) is 5.04. The van der Waals surface area contributed by atoms with Crippen molar-refractivity contribution in [1.29, 1.82) is 0 Å². The molecule has 0 spiro atoms. The topological polar surface area (TPSA) is 74.7 Å². The van der Waals surface area contributed by atoms with Crippen LogP contribution in [0.25, 0.3) is 0 Å². The second-order valence-corrected chi connectivity index (χ2v) is 5.98. The van der Waals surface area contributed by atoms with Crippen LogP contribution in [0.5, 0.6) is 0 Å². The molecule has 1 heterocycles. The predicted octanol–water partition coefficient (Wildman–Crippen LogP) is 2.95. The lowest BCUT2D eigenvalue weighted by molar-refractivity contribution is 0.318. The SMILES string of the molecule is Cc1cc(N(C)C2CCCCCC2)c(/C(N)=N/O)c(C)n1. The lowest BCUT2D eigenvalue weighted by atomic mass is 10.0. The smallest absolute Gasteiger partial charge is 0.174 e. The summed E-state index contributed by atoms with van der Waals surface area (Å²) >= 11 is 0. The van der Waals surface area contributed by atoms with Gasteiger partial charge in [0.05, 0.1) is 16.9 Å². The largest absolute Gasteiger partial charge is 0.409 e. The summed E-state index contributed by atoms with van der Waals surface area (Å²) in [4.78, 5) is 6.74. The van der Waals surface area contributed by atoms with Gasteiger partial charge in [0, 0.05) is 18.8 Å². The Morgan fingerprint density at radius 3 is 2.48 bits per heavy atom. The van der Waals surface area contributed by atoms with Crippen LogP contribution in [-0.2, 0) is 0 Å². The second kappa shape index (κ2) is 6.78. The molecule has 5 nitrogen and oxygen atoms in total. The Labute approximate surface area is 126 Å². The van der Waals surface area contributed by atoms with Crippen molar-refractivity contribution in [1.82, 2.24) is 4.98 Å². The normalized spacial score (nSPS) is 17.6. The van der Waals surface area contributed by atoms with E-state index >= 15 is 0 Å². The molecule has 0 aromatic carbocycles. The van der Waals surface area contributed by atoms with Crippen molar-refractivity contribution >= 4 is 11.5 Å². The van der Waals surface area contributed by atoms with E-state index in [0.717, 1.165) is 22.6 Å². The molecule has 3 N–H and O–H groups in total. The fourth-order valence-electron chi connectivity index (χ4n) is 3.29. The zero-order valence-electron chi connectivity index (χ0n) is 13.3. The van der Waals surface area contributed by atoms with Crippen molar-refractivity contribution in [3.05, 3.63) is 23.0 Å². The van der Waals surface area contributed by atoms with Gasteiger partial charge in [-0.05, 0) is 32.8 Å². The number of pyridine rings is 1. The minimum absolute atomic E-state index is 0.135. The van der Waals surface area contributed by atoms with Crippen LogP contribution in [-0.4, -0.2) is 29.1 Å². The Bertz CT molecular complexity index is 519. The van der Waals surface area contributed by atoms with Gasteiger partial charge in [-0.15, -0.1) is 0 Å². The molecule has 1 aromatic heterocycles. The van der Waals surface area contributed by atoms with E-state index in [0.29, 0.717) is 6.04 Å². The maximum absolute atomic E-state index is 9.06. The number of aromatic nitrogens is 1. The zero-order valence-corrected chi connectivity index (χ0v) is 13.3. The highest BCUT2D eigenvalue weighted by Gasteiger charge is 2.22. The Morgan fingerprint density at radius 1 is 1.29 bits per heavy atom. The quantitative estimate of drug-likeness (QED) is 0.295. The molecule has 0 amide bonds. The van der Waals surface area contributed by atoms with E-state index < -0.39 is 0 Å². The molecule has 1 saturated carbocycles. The van der Waals surface area contributed by atoms with Crippen LogP contribution in [0.3, 0.4) is 0 Å². The summed E-state index contributed by atoms with van der Waals surface area (Å²) < 4.78 is 0. The van der Waals surface area contributed by atoms with Crippen molar-refractivity contribution in [2.45, 2.75) is 58.4 Å². The van der Waals surface area contributed by atoms with Gasteiger partial charge in [-0.2, -0.15) is 0 Å². The van der Waals surface area contributed by atoms with E-state index in [9.17, 15) is 0 Å². The van der Waals surface area contributed by atoms with Gasteiger partial charge in [0.25, 0.3) is 0 Å². The van der Waals surface area contributed by atoms with Gasteiger partial charge in [-0.25, -0.2) is 0 Å². The van der Waals surface area contributed by atoms with E-state index in [1.54, 1.807) is 0 Å². The third-order valence-electron chi connectivity index (χ3n) is 4.42. The van der Waals surface area contributed by atoms with Crippen LogP contribution < -0.4 is 10.6 Å². The highest BCUT2D eigenvalue weighted by atomic mass is 16.4. The van der Waals surface area contributed by atoms with E-state index in [4.69, 9.17) is 10.9 Å². The summed E-state index contributed by atoms with van der Waals surface area (Å²) in [7, 11) is 2.11. The molecular weight excluding hydrogens is 264 g/mol. The number of aryl methyl sites for hydroxylation is 2. The number of rotatable bonds is 3. The minimum atomic E-state index is 0.135. The van der Waals surface area contributed by atoms with Crippen LogP contribution in [0.4, 0.5) is 5.69 Å². The minimum Gasteiger partial charge on any atom is -0.409 e.